The zero-order valence-corrected chi connectivity index (χ0v) is 14.7. The lowest BCUT2D eigenvalue weighted by Crippen LogP contribution is -2.22. The Morgan fingerprint density at radius 1 is 1.08 bits per heavy atom. The first-order valence-electron chi connectivity index (χ1n) is 7.81. The van der Waals surface area contributed by atoms with Crippen LogP contribution in [0, 0.1) is 0 Å². The molecule has 0 radical (unpaired) electrons. The summed E-state index contributed by atoms with van der Waals surface area (Å²) in [6.45, 7) is 0.543. The van der Waals surface area contributed by atoms with E-state index in [-0.39, 0.29) is 5.91 Å². The van der Waals surface area contributed by atoms with E-state index in [1.807, 2.05) is 71.7 Å². The molecule has 0 aliphatic heterocycles. The van der Waals surface area contributed by atoms with Gasteiger partial charge in [-0.15, -0.1) is 0 Å². The van der Waals surface area contributed by atoms with E-state index in [0.29, 0.717) is 19.4 Å². The van der Waals surface area contributed by atoms with Gasteiger partial charge in [-0.1, -0.05) is 46.3 Å². The zero-order valence-electron chi connectivity index (χ0n) is 13.2. The average molecular weight is 384 g/mol. The summed E-state index contributed by atoms with van der Waals surface area (Å²) in [4.78, 5) is 12.0. The number of para-hydroxylation sites is 1. The summed E-state index contributed by atoms with van der Waals surface area (Å²) in [6, 6.07) is 17.9. The first-order chi connectivity index (χ1) is 11.7. The number of hydrogen-bond acceptors (Lipinski definition) is 2. The van der Waals surface area contributed by atoms with Gasteiger partial charge in [0.2, 0.25) is 5.91 Å². The fraction of sp³-hybridized carbons (Fsp3) is 0.158. The maximum atomic E-state index is 12.0. The molecule has 0 spiro atoms. The quantitative estimate of drug-likeness (QED) is 0.701. The van der Waals surface area contributed by atoms with Crippen molar-refractivity contribution < 1.29 is 4.79 Å². The van der Waals surface area contributed by atoms with Crippen molar-refractivity contribution in [3.63, 3.8) is 0 Å². The monoisotopic (exact) mass is 383 g/mol. The number of hydrogen-bond donors (Lipinski definition) is 1. The molecule has 0 atom stereocenters. The van der Waals surface area contributed by atoms with Gasteiger partial charge in [-0.3, -0.25) is 4.79 Å². The molecule has 24 heavy (non-hydrogen) atoms. The largest absolute Gasteiger partial charge is 0.352 e. The van der Waals surface area contributed by atoms with Gasteiger partial charge in [0.05, 0.1) is 11.9 Å². The Labute approximate surface area is 149 Å². The molecular formula is C19H18BrN3O. The van der Waals surface area contributed by atoms with Crippen LogP contribution in [0.5, 0.6) is 0 Å². The molecule has 0 saturated heterocycles. The normalized spacial score (nSPS) is 10.5. The predicted molar refractivity (Wildman–Crippen MR) is 97.9 cm³/mol. The van der Waals surface area contributed by atoms with Crippen LogP contribution in [0.4, 0.5) is 0 Å². The van der Waals surface area contributed by atoms with Crippen molar-refractivity contribution in [2.75, 3.05) is 0 Å². The van der Waals surface area contributed by atoms with Crippen molar-refractivity contribution in [2.24, 2.45) is 0 Å². The molecule has 0 aliphatic carbocycles. The third-order valence-corrected chi connectivity index (χ3v) is 4.17. The number of halogens is 1. The smallest absolute Gasteiger partial charge is 0.220 e. The Hall–Kier alpha value is -2.40. The lowest BCUT2D eigenvalue weighted by Gasteiger charge is -2.05. The van der Waals surface area contributed by atoms with Crippen LogP contribution in [0.1, 0.15) is 17.5 Å². The average Bonchev–Trinajstić information content (AvgIpc) is 3.08. The molecule has 5 heteroatoms. The molecule has 1 aromatic heterocycles. The van der Waals surface area contributed by atoms with Crippen LogP contribution in [0.25, 0.3) is 5.69 Å². The van der Waals surface area contributed by atoms with Gasteiger partial charge >= 0.3 is 0 Å². The van der Waals surface area contributed by atoms with E-state index in [0.717, 1.165) is 21.3 Å². The van der Waals surface area contributed by atoms with E-state index in [4.69, 9.17) is 0 Å². The Kier molecular flexibility index (Phi) is 5.43. The summed E-state index contributed by atoms with van der Waals surface area (Å²) < 4.78 is 2.84. The highest BCUT2D eigenvalue weighted by Crippen LogP contribution is 2.12. The van der Waals surface area contributed by atoms with Crippen LogP contribution >= 0.6 is 15.9 Å². The number of aromatic nitrogens is 2. The third kappa shape index (κ3) is 4.55. The molecule has 1 heterocycles. The highest BCUT2D eigenvalue weighted by atomic mass is 79.9. The summed E-state index contributed by atoms with van der Waals surface area (Å²) in [5.74, 6) is 0.0439. The van der Waals surface area contributed by atoms with E-state index >= 15 is 0 Å². The number of rotatable bonds is 6. The van der Waals surface area contributed by atoms with Gasteiger partial charge < -0.3 is 5.32 Å². The highest BCUT2D eigenvalue weighted by Gasteiger charge is 2.05. The standard InChI is InChI=1S/C19H18BrN3O/c20-17-6-4-5-15(11-17)12-21-19(24)10-9-16-13-22-23(14-16)18-7-2-1-3-8-18/h1-8,11,13-14H,9-10,12H2,(H,21,24). The van der Waals surface area contributed by atoms with Crippen LogP contribution in [0.2, 0.25) is 0 Å². The second-order valence-electron chi connectivity index (χ2n) is 5.54. The molecule has 3 aromatic rings. The number of nitrogens with zero attached hydrogens (tertiary/aromatic N) is 2. The third-order valence-electron chi connectivity index (χ3n) is 3.68. The lowest BCUT2D eigenvalue weighted by molar-refractivity contribution is -0.121. The van der Waals surface area contributed by atoms with Crippen LogP contribution in [0.3, 0.4) is 0 Å². The molecule has 0 aliphatic rings. The van der Waals surface area contributed by atoms with Gasteiger partial charge in [0.15, 0.2) is 0 Å². The van der Waals surface area contributed by atoms with E-state index in [2.05, 4.69) is 26.3 Å². The summed E-state index contributed by atoms with van der Waals surface area (Å²) >= 11 is 3.43. The number of carbonyl (C=O) groups excluding carboxylic acids is 1. The Morgan fingerprint density at radius 3 is 2.71 bits per heavy atom. The lowest BCUT2D eigenvalue weighted by atomic mass is 10.2. The van der Waals surface area contributed by atoms with Gasteiger partial charge in [0.1, 0.15) is 0 Å². The Balaban J connectivity index is 1.49. The van der Waals surface area contributed by atoms with Gasteiger partial charge in [0.25, 0.3) is 0 Å². The number of aryl methyl sites for hydroxylation is 1. The number of nitrogens with one attached hydrogen (secondary N) is 1. The minimum absolute atomic E-state index is 0.0439. The number of benzene rings is 2. The molecular weight excluding hydrogens is 366 g/mol. The predicted octanol–water partition coefficient (Wildman–Crippen LogP) is 3.88. The van der Waals surface area contributed by atoms with Crippen molar-refractivity contribution in [2.45, 2.75) is 19.4 Å². The van der Waals surface area contributed by atoms with Crippen LogP contribution < -0.4 is 5.32 Å². The van der Waals surface area contributed by atoms with Crippen LogP contribution in [-0.4, -0.2) is 15.7 Å². The second-order valence-corrected chi connectivity index (χ2v) is 6.45. The van der Waals surface area contributed by atoms with Crippen molar-refractivity contribution in [3.8, 4) is 5.69 Å². The van der Waals surface area contributed by atoms with Gasteiger partial charge in [0, 0.05) is 23.6 Å². The maximum absolute atomic E-state index is 12.0. The molecule has 0 bridgehead atoms. The molecule has 0 unspecified atom stereocenters. The molecule has 3 rings (SSSR count). The summed E-state index contributed by atoms with van der Waals surface area (Å²) in [6.07, 6.45) is 4.91. The topological polar surface area (TPSA) is 46.9 Å². The first-order valence-corrected chi connectivity index (χ1v) is 8.60. The first kappa shape index (κ1) is 16.5. The molecule has 0 fully saturated rings. The summed E-state index contributed by atoms with van der Waals surface area (Å²) in [5, 5.41) is 7.30. The molecule has 122 valence electrons. The van der Waals surface area contributed by atoms with Gasteiger partial charge in [-0.05, 0) is 41.8 Å². The molecule has 1 amide bonds. The minimum atomic E-state index is 0.0439. The maximum Gasteiger partial charge on any atom is 0.220 e. The SMILES string of the molecule is O=C(CCc1cnn(-c2ccccc2)c1)NCc1cccc(Br)c1. The summed E-state index contributed by atoms with van der Waals surface area (Å²) in [7, 11) is 0. The van der Waals surface area contributed by atoms with Crippen molar-refractivity contribution in [1.82, 2.24) is 15.1 Å². The van der Waals surface area contributed by atoms with Crippen LogP contribution in [-0.2, 0) is 17.8 Å². The Bertz CT molecular complexity index is 814. The fourth-order valence-corrected chi connectivity index (χ4v) is 2.85. The van der Waals surface area contributed by atoms with Crippen molar-refractivity contribution in [3.05, 3.63) is 82.6 Å². The second kappa shape index (κ2) is 7.93. The Morgan fingerprint density at radius 2 is 1.92 bits per heavy atom. The van der Waals surface area contributed by atoms with Crippen molar-refractivity contribution >= 4 is 21.8 Å². The minimum Gasteiger partial charge on any atom is -0.352 e. The number of amides is 1. The van der Waals surface area contributed by atoms with Crippen molar-refractivity contribution in [1.29, 1.82) is 0 Å². The number of carbonyl (C=O) groups is 1. The van der Waals surface area contributed by atoms with E-state index in [1.54, 1.807) is 0 Å². The summed E-state index contributed by atoms with van der Waals surface area (Å²) in [5.41, 5.74) is 3.15. The van der Waals surface area contributed by atoms with E-state index in [1.165, 1.54) is 0 Å². The van der Waals surface area contributed by atoms with Crippen LogP contribution in [0.15, 0.2) is 71.5 Å². The zero-order chi connectivity index (χ0) is 16.8. The highest BCUT2D eigenvalue weighted by molar-refractivity contribution is 9.10. The van der Waals surface area contributed by atoms with Gasteiger partial charge in [-0.2, -0.15) is 5.10 Å². The molecule has 0 saturated carbocycles. The molecule has 4 nitrogen and oxygen atoms in total. The van der Waals surface area contributed by atoms with E-state index < -0.39 is 0 Å². The fourth-order valence-electron chi connectivity index (χ4n) is 2.40. The molecule has 2 aromatic carbocycles. The van der Waals surface area contributed by atoms with Gasteiger partial charge in [-0.25, -0.2) is 4.68 Å². The molecule has 1 N–H and O–H groups in total. The van der Waals surface area contributed by atoms with E-state index in [9.17, 15) is 4.79 Å².